The molecule has 21 heavy (non-hydrogen) atoms. The van der Waals surface area contributed by atoms with Crippen molar-refractivity contribution in [2.45, 2.75) is 24.8 Å². The van der Waals surface area contributed by atoms with Gasteiger partial charge in [-0.25, -0.2) is 4.99 Å². The molecule has 0 saturated heterocycles. The molecule has 0 radical (unpaired) electrons. The summed E-state index contributed by atoms with van der Waals surface area (Å²) < 4.78 is 0. The van der Waals surface area contributed by atoms with Gasteiger partial charge in [0.15, 0.2) is 5.96 Å². The van der Waals surface area contributed by atoms with Crippen molar-refractivity contribution >= 4 is 17.3 Å². The van der Waals surface area contributed by atoms with Gasteiger partial charge in [0.05, 0.1) is 5.54 Å². The largest absolute Gasteiger partial charge is 0.370 e. The Morgan fingerprint density at radius 1 is 1.33 bits per heavy atom. The molecule has 2 aliphatic rings. The van der Waals surface area contributed by atoms with Gasteiger partial charge in [0.1, 0.15) is 0 Å². The molecule has 2 aromatic rings. The summed E-state index contributed by atoms with van der Waals surface area (Å²) in [6, 6.07) is 8.90. The summed E-state index contributed by atoms with van der Waals surface area (Å²) in [4.78, 5) is 6.85. The first-order chi connectivity index (χ1) is 10.2. The van der Waals surface area contributed by atoms with E-state index in [0.717, 1.165) is 25.8 Å². The van der Waals surface area contributed by atoms with E-state index in [4.69, 9.17) is 10.7 Å². The van der Waals surface area contributed by atoms with Crippen LogP contribution in [0.5, 0.6) is 0 Å². The molecular weight excluding hydrogens is 278 g/mol. The van der Waals surface area contributed by atoms with Crippen LogP contribution in [0.2, 0.25) is 0 Å². The lowest BCUT2D eigenvalue weighted by molar-refractivity contribution is 0.335. The summed E-state index contributed by atoms with van der Waals surface area (Å²) in [7, 11) is 2.03. The second-order valence-electron chi connectivity index (χ2n) is 6.18. The molecule has 4 heteroatoms. The van der Waals surface area contributed by atoms with Crippen LogP contribution in [-0.4, -0.2) is 30.0 Å². The number of rotatable bonds is 1. The van der Waals surface area contributed by atoms with E-state index in [1.165, 1.54) is 22.3 Å². The van der Waals surface area contributed by atoms with Gasteiger partial charge < -0.3 is 10.6 Å². The number of fused-ring (bicyclic) bond motifs is 1. The van der Waals surface area contributed by atoms with Crippen molar-refractivity contribution in [3.8, 4) is 11.1 Å². The smallest absolute Gasteiger partial charge is 0.191 e. The fraction of sp³-hybridized carbons (Fsp3) is 0.353. The minimum atomic E-state index is -0.000890. The molecule has 1 aromatic carbocycles. The lowest BCUT2D eigenvalue weighted by atomic mass is 9.76. The Kier molecular flexibility index (Phi) is 2.82. The molecule has 0 amide bonds. The van der Waals surface area contributed by atoms with E-state index in [2.05, 4.69) is 39.9 Å². The van der Waals surface area contributed by atoms with Crippen molar-refractivity contribution < 1.29 is 0 Å². The molecule has 108 valence electrons. The molecule has 0 unspecified atom stereocenters. The van der Waals surface area contributed by atoms with Crippen LogP contribution < -0.4 is 5.73 Å². The molecule has 1 atom stereocenters. The molecule has 1 spiro atoms. The number of aliphatic imine (C=N–C) groups is 1. The zero-order chi connectivity index (χ0) is 14.4. The number of thiophene rings is 1. The third-order valence-electron chi connectivity index (χ3n) is 4.74. The average Bonchev–Trinajstić information content (AvgIpc) is 3.08. The summed E-state index contributed by atoms with van der Waals surface area (Å²) in [6.07, 6.45) is 3.18. The van der Waals surface area contributed by atoms with Crippen molar-refractivity contribution in [2.24, 2.45) is 10.7 Å². The molecule has 0 saturated carbocycles. The van der Waals surface area contributed by atoms with E-state index in [1.807, 2.05) is 7.05 Å². The number of benzene rings is 1. The normalized spacial score (nSPS) is 24.2. The summed E-state index contributed by atoms with van der Waals surface area (Å²) >= 11 is 1.76. The van der Waals surface area contributed by atoms with Crippen LogP contribution in [0.25, 0.3) is 11.1 Å². The van der Waals surface area contributed by atoms with E-state index < -0.39 is 0 Å². The molecule has 1 aliphatic heterocycles. The quantitative estimate of drug-likeness (QED) is 0.879. The highest BCUT2D eigenvalue weighted by atomic mass is 32.1. The Balaban J connectivity index is 1.74. The Bertz CT molecular complexity index is 705. The summed E-state index contributed by atoms with van der Waals surface area (Å²) in [6.45, 7) is 0.945. The van der Waals surface area contributed by atoms with Gasteiger partial charge in [0, 0.05) is 13.6 Å². The van der Waals surface area contributed by atoms with Gasteiger partial charge in [-0.3, -0.25) is 0 Å². The van der Waals surface area contributed by atoms with Crippen LogP contribution in [0.4, 0.5) is 0 Å². The van der Waals surface area contributed by atoms with Crippen molar-refractivity contribution in [3.05, 3.63) is 46.2 Å². The first-order valence-electron chi connectivity index (χ1n) is 7.37. The van der Waals surface area contributed by atoms with Crippen LogP contribution in [0.15, 0.2) is 40.0 Å². The minimum absolute atomic E-state index is 0.000890. The molecule has 1 aromatic heterocycles. The van der Waals surface area contributed by atoms with Crippen molar-refractivity contribution in [3.63, 3.8) is 0 Å². The van der Waals surface area contributed by atoms with Crippen LogP contribution in [0.1, 0.15) is 17.5 Å². The van der Waals surface area contributed by atoms with Gasteiger partial charge in [-0.15, -0.1) is 0 Å². The van der Waals surface area contributed by atoms with E-state index in [9.17, 15) is 0 Å². The maximum absolute atomic E-state index is 5.99. The van der Waals surface area contributed by atoms with Gasteiger partial charge in [0.25, 0.3) is 0 Å². The molecule has 2 N–H and O–H groups in total. The highest BCUT2D eigenvalue weighted by molar-refractivity contribution is 7.08. The molecule has 0 bridgehead atoms. The first-order valence-corrected chi connectivity index (χ1v) is 8.31. The third kappa shape index (κ3) is 2.05. The van der Waals surface area contributed by atoms with E-state index in [-0.39, 0.29) is 5.54 Å². The summed E-state index contributed by atoms with van der Waals surface area (Å²) in [5.74, 6) is 0.687. The maximum atomic E-state index is 5.99. The lowest BCUT2D eigenvalue weighted by Gasteiger charge is -2.33. The van der Waals surface area contributed by atoms with Crippen molar-refractivity contribution in [2.75, 3.05) is 13.6 Å². The van der Waals surface area contributed by atoms with E-state index in [1.54, 1.807) is 11.3 Å². The standard InChI is InChI=1S/C17H19N3S/c1-20-11-17(19-16(20)18)7-5-15-12(9-17)3-2-4-14(15)13-6-8-21-10-13/h2-4,6,8,10H,5,7,9,11H2,1H3,(H2,18,19)/t17-/m0/s1. The Hall–Kier alpha value is -1.81. The molecule has 4 rings (SSSR count). The average molecular weight is 297 g/mol. The number of guanidine groups is 1. The zero-order valence-corrected chi connectivity index (χ0v) is 13.0. The second-order valence-corrected chi connectivity index (χ2v) is 6.96. The van der Waals surface area contributed by atoms with Gasteiger partial charge in [0.2, 0.25) is 0 Å². The van der Waals surface area contributed by atoms with Gasteiger partial charge in [-0.05, 0) is 58.3 Å². The minimum Gasteiger partial charge on any atom is -0.370 e. The van der Waals surface area contributed by atoms with Crippen LogP contribution in [-0.2, 0) is 12.8 Å². The fourth-order valence-corrected chi connectivity index (χ4v) is 4.36. The molecule has 0 fully saturated rings. The number of likely N-dealkylation sites (N-methyl/N-ethyl adjacent to an activating group) is 1. The topological polar surface area (TPSA) is 41.6 Å². The predicted octanol–water partition coefficient (Wildman–Crippen LogP) is 2.90. The monoisotopic (exact) mass is 297 g/mol. The zero-order valence-electron chi connectivity index (χ0n) is 12.2. The highest BCUT2D eigenvalue weighted by Crippen LogP contribution is 2.39. The molecular formula is C17H19N3S. The second kappa shape index (κ2) is 4.60. The van der Waals surface area contributed by atoms with Crippen LogP contribution in [0.3, 0.4) is 0 Å². The van der Waals surface area contributed by atoms with E-state index >= 15 is 0 Å². The summed E-state index contributed by atoms with van der Waals surface area (Å²) in [5, 5.41) is 4.38. The number of nitrogens with two attached hydrogens (primary N) is 1. The fourth-order valence-electron chi connectivity index (χ4n) is 3.70. The third-order valence-corrected chi connectivity index (χ3v) is 5.42. The van der Waals surface area contributed by atoms with Gasteiger partial charge in [-0.1, -0.05) is 18.2 Å². The van der Waals surface area contributed by atoms with Gasteiger partial charge in [-0.2, -0.15) is 11.3 Å². The summed E-state index contributed by atoms with van der Waals surface area (Å²) in [5.41, 5.74) is 11.7. The number of hydrogen-bond donors (Lipinski definition) is 1. The Labute approximate surface area is 129 Å². The molecule has 3 nitrogen and oxygen atoms in total. The molecule has 2 heterocycles. The van der Waals surface area contributed by atoms with Crippen LogP contribution in [0, 0.1) is 0 Å². The highest BCUT2D eigenvalue weighted by Gasteiger charge is 2.40. The molecule has 1 aliphatic carbocycles. The van der Waals surface area contributed by atoms with Crippen LogP contribution >= 0.6 is 11.3 Å². The van der Waals surface area contributed by atoms with Crippen molar-refractivity contribution in [1.82, 2.24) is 4.90 Å². The first kappa shape index (κ1) is 12.9. The number of nitrogens with zero attached hydrogens (tertiary/aromatic N) is 2. The predicted molar refractivity (Wildman–Crippen MR) is 88.8 cm³/mol. The van der Waals surface area contributed by atoms with Crippen molar-refractivity contribution in [1.29, 1.82) is 0 Å². The van der Waals surface area contributed by atoms with E-state index in [0.29, 0.717) is 5.96 Å². The maximum Gasteiger partial charge on any atom is 0.191 e. The Morgan fingerprint density at radius 3 is 2.95 bits per heavy atom. The number of hydrogen-bond acceptors (Lipinski definition) is 4. The SMILES string of the molecule is CN1C[C@@]2(CCc3c(cccc3-c3ccsc3)C2)N=C1N. The Morgan fingerprint density at radius 2 is 2.24 bits per heavy atom. The lowest BCUT2D eigenvalue weighted by Crippen LogP contribution is -2.39. The van der Waals surface area contributed by atoms with Gasteiger partial charge >= 0.3 is 0 Å².